The highest BCUT2D eigenvalue weighted by Crippen LogP contribution is 2.17. The Balaban J connectivity index is 2.20. The van der Waals surface area contributed by atoms with Crippen LogP contribution in [0.25, 0.3) is 0 Å². The van der Waals surface area contributed by atoms with E-state index in [-0.39, 0.29) is 28.2 Å². The van der Waals surface area contributed by atoms with E-state index in [1.165, 1.54) is 6.92 Å². The number of hydrogen-bond acceptors (Lipinski definition) is 6. The number of H-pyrrole nitrogens is 1. The second kappa shape index (κ2) is 6.90. The topological polar surface area (TPSA) is 118 Å². The van der Waals surface area contributed by atoms with Crippen LogP contribution < -0.4 is 16.6 Å². The fourth-order valence-electron chi connectivity index (χ4n) is 1.60. The van der Waals surface area contributed by atoms with Crippen LogP contribution in [0.4, 0.5) is 11.5 Å². The molecule has 2 rings (SSSR count). The third-order valence-electron chi connectivity index (χ3n) is 2.61. The van der Waals surface area contributed by atoms with E-state index in [9.17, 15) is 14.4 Å². The lowest BCUT2D eigenvalue weighted by molar-refractivity contribution is -0.114. The Bertz CT molecular complexity index is 758. The normalized spacial score (nSPS) is 10.2. The molecule has 2 aromatic rings. The number of thioether (sulfide) groups is 1. The fourth-order valence-corrected chi connectivity index (χ4v) is 2.27. The van der Waals surface area contributed by atoms with Crippen molar-refractivity contribution in [2.24, 2.45) is 0 Å². The van der Waals surface area contributed by atoms with Crippen LogP contribution in [0.3, 0.4) is 0 Å². The zero-order chi connectivity index (χ0) is 16.1. The number of nitrogens with two attached hydrogens (primary N) is 1. The number of nitrogens with one attached hydrogen (secondary N) is 2. The van der Waals surface area contributed by atoms with E-state index in [2.05, 4.69) is 15.3 Å². The van der Waals surface area contributed by atoms with Crippen molar-refractivity contribution in [1.82, 2.24) is 9.97 Å². The van der Waals surface area contributed by atoms with Gasteiger partial charge in [-0.15, -0.1) is 0 Å². The summed E-state index contributed by atoms with van der Waals surface area (Å²) < 4.78 is 0. The fraction of sp³-hybridized carbons (Fsp3) is 0.143. The Morgan fingerprint density at radius 3 is 2.59 bits per heavy atom. The Morgan fingerprint density at radius 2 is 2.00 bits per heavy atom. The number of aromatic amines is 1. The average Bonchev–Trinajstić information content (AvgIpc) is 2.49. The molecule has 0 aliphatic rings. The van der Waals surface area contributed by atoms with Gasteiger partial charge in [0.25, 0.3) is 11.5 Å². The van der Waals surface area contributed by atoms with Gasteiger partial charge in [-0.25, -0.2) is 4.98 Å². The molecule has 114 valence electrons. The number of amides is 1. The minimum Gasteiger partial charge on any atom is -0.382 e. The SMILES string of the molecule is CC(=O)CSc1nc(N)c(NC(=O)c2ccccc2)c(=O)[nH]1. The zero-order valence-electron chi connectivity index (χ0n) is 11.8. The number of ketones is 1. The second-order valence-corrected chi connectivity index (χ2v) is 5.41. The third kappa shape index (κ3) is 3.95. The molecule has 0 atom stereocenters. The minimum atomic E-state index is -0.567. The molecule has 0 aliphatic heterocycles. The van der Waals surface area contributed by atoms with Crippen LogP contribution >= 0.6 is 11.8 Å². The Hall–Kier alpha value is -2.61. The summed E-state index contributed by atoms with van der Waals surface area (Å²) >= 11 is 1.07. The van der Waals surface area contributed by atoms with Gasteiger partial charge in [0.05, 0.1) is 5.75 Å². The van der Waals surface area contributed by atoms with Gasteiger partial charge < -0.3 is 11.1 Å². The van der Waals surface area contributed by atoms with Gasteiger partial charge in [0, 0.05) is 5.56 Å². The molecule has 22 heavy (non-hydrogen) atoms. The summed E-state index contributed by atoms with van der Waals surface area (Å²) in [7, 11) is 0. The number of rotatable bonds is 5. The van der Waals surface area contributed by atoms with Crippen molar-refractivity contribution >= 4 is 35.0 Å². The molecule has 0 saturated heterocycles. The molecule has 1 aromatic carbocycles. The second-order valence-electron chi connectivity index (χ2n) is 4.44. The molecule has 0 bridgehead atoms. The first-order chi connectivity index (χ1) is 10.5. The molecule has 0 radical (unpaired) electrons. The summed E-state index contributed by atoms with van der Waals surface area (Å²) in [4.78, 5) is 41.4. The first-order valence-corrected chi connectivity index (χ1v) is 7.34. The van der Waals surface area contributed by atoms with Crippen molar-refractivity contribution in [3.8, 4) is 0 Å². The van der Waals surface area contributed by atoms with Gasteiger partial charge in [-0.2, -0.15) is 0 Å². The summed E-state index contributed by atoms with van der Waals surface area (Å²) in [6, 6.07) is 8.43. The molecule has 1 aromatic heterocycles. The van der Waals surface area contributed by atoms with Crippen molar-refractivity contribution in [2.45, 2.75) is 12.1 Å². The van der Waals surface area contributed by atoms with Crippen molar-refractivity contribution in [3.05, 3.63) is 46.2 Å². The number of carbonyl (C=O) groups is 2. The number of aromatic nitrogens is 2. The first-order valence-electron chi connectivity index (χ1n) is 6.36. The molecule has 0 saturated carbocycles. The molecule has 0 aliphatic carbocycles. The molecule has 0 unspecified atom stereocenters. The van der Waals surface area contributed by atoms with E-state index in [1.54, 1.807) is 30.3 Å². The Morgan fingerprint density at radius 1 is 1.32 bits per heavy atom. The first kappa shape index (κ1) is 15.8. The van der Waals surface area contributed by atoms with Crippen LogP contribution in [0.15, 0.2) is 40.3 Å². The number of nitrogen functional groups attached to an aromatic ring is 1. The van der Waals surface area contributed by atoms with Gasteiger partial charge in [-0.05, 0) is 19.1 Å². The molecular formula is C14H14N4O3S. The van der Waals surface area contributed by atoms with Crippen LogP contribution in [0.1, 0.15) is 17.3 Å². The van der Waals surface area contributed by atoms with Crippen molar-refractivity contribution < 1.29 is 9.59 Å². The Kier molecular flexibility index (Phi) is 4.95. The van der Waals surface area contributed by atoms with E-state index in [0.717, 1.165) is 11.8 Å². The van der Waals surface area contributed by atoms with E-state index < -0.39 is 11.5 Å². The van der Waals surface area contributed by atoms with Gasteiger partial charge in [0.15, 0.2) is 11.0 Å². The van der Waals surface area contributed by atoms with Gasteiger partial charge in [0.1, 0.15) is 11.5 Å². The summed E-state index contributed by atoms with van der Waals surface area (Å²) in [5.74, 6) is -0.423. The molecule has 1 heterocycles. The number of carbonyl (C=O) groups excluding carboxylic acids is 2. The Labute approximate surface area is 130 Å². The lowest BCUT2D eigenvalue weighted by Gasteiger charge is -2.08. The van der Waals surface area contributed by atoms with Gasteiger partial charge >= 0.3 is 0 Å². The monoisotopic (exact) mass is 318 g/mol. The summed E-state index contributed by atoms with van der Waals surface area (Å²) in [5.41, 5.74) is 5.43. The van der Waals surface area contributed by atoms with Crippen LogP contribution in [-0.2, 0) is 4.79 Å². The maximum Gasteiger partial charge on any atom is 0.277 e. The number of nitrogens with zero attached hydrogens (tertiary/aromatic N) is 1. The number of benzene rings is 1. The van der Waals surface area contributed by atoms with Gasteiger partial charge in [0.2, 0.25) is 0 Å². The number of hydrogen-bond donors (Lipinski definition) is 3. The number of anilines is 2. The van der Waals surface area contributed by atoms with Gasteiger partial charge in [-0.1, -0.05) is 30.0 Å². The van der Waals surface area contributed by atoms with E-state index in [0.29, 0.717) is 5.56 Å². The molecule has 0 spiro atoms. The molecule has 1 amide bonds. The molecule has 8 heteroatoms. The van der Waals surface area contributed by atoms with Crippen molar-refractivity contribution in [1.29, 1.82) is 0 Å². The van der Waals surface area contributed by atoms with Crippen molar-refractivity contribution in [2.75, 3.05) is 16.8 Å². The summed E-state index contributed by atoms with van der Waals surface area (Å²) in [5, 5.41) is 2.67. The smallest absolute Gasteiger partial charge is 0.277 e. The van der Waals surface area contributed by atoms with E-state index in [4.69, 9.17) is 5.73 Å². The lowest BCUT2D eigenvalue weighted by Crippen LogP contribution is -2.23. The lowest BCUT2D eigenvalue weighted by atomic mass is 10.2. The zero-order valence-corrected chi connectivity index (χ0v) is 12.6. The maximum absolute atomic E-state index is 12.0. The number of Topliss-reactive ketones (excluding diaryl/α,β-unsaturated/α-hetero) is 1. The maximum atomic E-state index is 12.0. The molecular weight excluding hydrogens is 304 g/mol. The standard InChI is InChI=1S/C14H14N4O3S/c1-8(19)7-22-14-17-11(15)10(13(21)18-14)16-12(20)9-5-3-2-4-6-9/h2-6H,7H2,1H3,(H,16,20)(H3,15,17,18,21). The minimum absolute atomic E-state index is 0.0484. The quantitative estimate of drug-likeness (QED) is 0.564. The third-order valence-corrected chi connectivity index (χ3v) is 3.63. The molecule has 4 N–H and O–H groups in total. The predicted molar refractivity (Wildman–Crippen MR) is 85.1 cm³/mol. The van der Waals surface area contributed by atoms with Crippen LogP contribution in [0.5, 0.6) is 0 Å². The predicted octanol–water partition coefficient (Wildman–Crippen LogP) is 1.29. The van der Waals surface area contributed by atoms with Gasteiger partial charge in [-0.3, -0.25) is 19.4 Å². The van der Waals surface area contributed by atoms with Crippen molar-refractivity contribution in [3.63, 3.8) is 0 Å². The average molecular weight is 318 g/mol. The highest BCUT2D eigenvalue weighted by Gasteiger charge is 2.14. The summed E-state index contributed by atoms with van der Waals surface area (Å²) in [6.07, 6.45) is 0. The van der Waals surface area contributed by atoms with Crippen LogP contribution in [0, 0.1) is 0 Å². The van der Waals surface area contributed by atoms with Crippen LogP contribution in [-0.4, -0.2) is 27.4 Å². The molecule has 0 fully saturated rings. The molecule has 7 nitrogen and oxygen atoms in total. The highest BCUT2D eigenvalue weighted by atomic mass is 32.2. The highest BCUT2D eigenvalue weighted by molar-refractivity contribution is 7.99. The van der Waals surface area contributed by atoms with E-state index in [1.807, 2.05) is 0 Å². The van der Waals surface area contributed by atoms with E-state index >= 15 is 0 Å². The van der Waals surface area contributed by atoms with Crippen LogP contribution in [0.2, 0.25) is 0 Å². The largest absolute Gasteiger partial charge is 0.382 e. The summed E-state index contributed by atoms with van der Waals surface area (Å²) in [6.45, 7) is 1.43.